The smallest absolute Gasteiger partial charge is 0.384 e. The van der Waals surface area contributed by atoms with Crippen LogP contribution in [0.25, 0.3) is 0 Å². The molecule has 0 aliphatic heterocycles. The second-order valence-electron chi connectivity index (χ2n) is 2.11. The van der Waals surface area contributed by atoms with E-state index in [4.69, 9.17) is 0 Å². The van der Waals surface area contributed by atoms with E-state index in [2.05, 4.69) is 21.6 Å². The predicted octanol–water partition coefficient (Wildman–Crippen LogP) is 0.312. The zero-order valence-corrected chi connectivity index (χ0v) is 6.94. The Kier molecular flexibility index (Phi) is 2.87. The average Bonchev–Trinajstić information content (AvgIpc) is 2.16. The van der Waals surface area contributed by atoms with Crippen molar-refractivity contribution in [3.8, 4) is 17.6 Å². The normalized spacial score (nSPS) is 8.38. The number of carbonyl (C=O) groups excluding carboxylic acids is 1. The first-order valence-corrected chi connectivity index (χ1v) is 3.48. The van der Waals surface area contributed by atoms with Crippen molar-refractivity contribution in [1.29, 1.82) is 0 Å². The van der Waals surface area contributed by atoms with Crippen molar-refractivity contribution in [3.63, 3.8) is 0 Å². The van der Waals surface area contributed by atoms with Gasteiger partial charge in [0, 0.05) is 12.1 Å². The lowest BCUT2D eigenvalue weighted by molar-refractivity contribution is -0.133. The van der Waals surface area contributed by atoms with E-state index >= 15 is 0 Å². The highest BCUT2D eigenvalue weighted by atomic mass is 16.5. The van der Waals surface area contributed by atoms with Crippen LogP contribution in [0.15, 0.2) is 18.3 Å². The Hall–Kier alpha value is -2.02. The van der Waals surface area contributed by atoms with Gasteiger partial charge in [0.25, 0.3) is 0 Å². The number of aromatic hydroxyl groups is 1. The maximum atomic E-state index is 10.6. The Bertz CT molecular complexity index is 376. The SMILES string of the molecule is COC(=O)C#Cc1ncccc1O. The van der Waals surface area contributed by atoms with Gasteiger partial charge in [0.2, 0.25) is 0 Å². The fourth-order valence-corrected chi connectivity index (χ4v) is 0.654. The molecule has 4 heteroatoms. The molecule has 1 aromatic rings. The largest absolute Gasteiger partial charge is 0.505 e. The molecule has 0 spiro atoms. The van der Waals surface area contributed by atoms with Crippen LogP contribution < -0.4 is 0 Å². The molecule has 1 N–H and O–H groups in total. The summed E-state index contributed by atoms with van der Waals surface area (Å²) in [5.41, 5.74) is 0.160. The lowest BCUT2D eigenvalue weighted by Gasteiger charge is -1.92. The topological polar surface area (TPSA) is 59.4 Å². The van der Waals surface area contributed by atoms with Crippen molar-refractivity contribution >= 4 is 5.97 Å². The summed E-state index contributed by atoms with van der Waals surface area (Å²) >= 11 is 0. The van der Waals surface area contributed by atoms with Crippen molar-refractivity contribution < 1.29 is 14.6 Å². The summed E-state index contributed by atoms with van der Waals surface area (Å²) in [6, 6.07) is 3.01. The molecule has 1 rings (SSSR count). The molecular formula is C9H7NO3. The van der Waals surface area contributed by atoms with Crippen LogP contribution in [0.4, 0.5) is 0 Å². The van der Waals surface area contributed by atoms with E-state index < -0.39 is 5.97 Å². The second kappa shape index (κ2) is 4.12. The zero-order chi connectivity index (χ0) is 9.68. The average molecular weight is 177 g/mol. The molecule has 0 aliphatic rings. The van der Waals surface area contributed by atoms with E-state index in [1.165, 1.54) is 19.4 Å². The summed E-state index contributed by atoms with van der Waals surface area (Å²) in [4.78, 5) is 14.3. The van der Waals surface area contributed by atoms with E-state index in [0.29, 0.717) is 0 Å². The van der Waals surface area contributed by atoms with Gasteiger partial charge in [-0.05, 0) is 18.1 Å². The zero-order valence-electron chi connectivity index (χ0n) is 6.94. The van der Waals surface area contributed by atoms with E-state index in [0.717, 1.165) is 0 Å². The van der Waals surface area contributed by atoms with Crippen LogP contribution in [-0.4, -0.2) is 23.2 Å². The van der Waals surface area contributed by atoms with Gasteiger partial charge in [0.05, 0.1) is 7.11 Å². The maximum absolute atomic E-state index is 10.6. The molecule has 1 aromatic heterocycles. The van der Waals surface area contributed by atoms with Gasteiger partial charge in [-0.2, -0.15) is 0 Å². The van der Waals surface area contributed by atoms with Crippen LogP contribution in [0, 0.1) is 11.8 Å². The Morgan fingerprint density at radius 1 is 1.69 bits per heavy atom. The Balaban J connectivity index is 2.89. The molecule has 0 aliphatic carbocycles. The Labute approximate surface area is 75.2 Å². The molecule has 0 saturated heterocycles. The highest BCUT2D eigenvalue weighted by molar-refractivity contribution is 5.89. The lowest BCUT2D eigenvalue weighted by atomic mass is 10.3. The predicted molar refractivity (Wildman–Crippen MR) is 44.8 cm³/mol. The van der Waals surface area contributed by atoms with Gasteiger partial charge in [-0.1, -0.05) is 0 Å². The molecule has 0 unspecified atom stereocenters. The monoisotopic (exact) mass is 177 g/mol. The van der Waals surface area contributed by atoms with Crippen LogP contribution in [0.5, 0.6) is 5.75 Å². The molecule has 0 bridgehead atoms. The molecule has 0 saturated carbocycles. The van der Waals surface area contributed by atoms with E-state index in [-0.39, 0.29) is 11.4 Å². The van der Waals surface area contributed by atoms with Crippen molar-refractivity contribution in [1.82, 2.24) is 4.98 Å². The van der Waals surface area contributed by atoms with Crippen LogP contribution in [-0.2, 0) is 9.53 Å². The number of nitrogens with zero attached hydrogens (tertiary/aromatic N) is 1. The third-order valence-corrected chi connectivity index (χ3v) is 1.25. The van der Waals surface area contributed by atoms with Crippen molar-refractivity contribution in [2.45, 2.75) is 0 Å². The number of ether oxygens (including phenoxy) is 1. The van der Waals surface area contributed by atoms with Gasteiger partial charge in [-0.15, -0.1) is 0 Å². The van der Waals surface area contributed by atoms with E-state index in [1.54, 1.807) is 6.07 Å². The number of esters is 1. The number of hydrogen-bond acceptors (Lipinski definition) is 4. The summed E-state index contributed by atoms with van der Waals surface area (Å²) in [5, 5.41) is 9.18. The van der Waals surface area contributed by atoms with Crippen LogP contribution >= 0.6 is 0 Å². The highest BCUT2D eigenvalue weighted by Crippen LogP contribution is 2.09. The van der Waals surface area contributed by atoms with Crippen LogP contribution in [0.3, 0.4) is 0 Å². The molecule has 4 nitrogen and oxygen atoms in total. The van der Waals surface area contributed by atoms with E-state index in [1.807, 2.05) is 0 Å². The molecule has 13 heavy (non-hydrogen) atoms. The summed E-state index contributed by atoms with van der Waals surface area (Å²) in [6.07, 6.45) is 1.47. The standard InChI is InChI=1S/C9H7NO3/c1-13-9(12)5-4-7-8(11)3-2-6-10-7/h2-3,6,11H,1H3. The third-order valence-electron chi connectivity index (χ3n) is 1.25. The first-order chi connectivity index (χ1) is 6.24. The minimum Gasteiger partial charge on any atom is -0.505 e. The number of rotatable bonds is 0. The molecule has 0 aromatic carbocycles. The molecular weight excluding hydrogens is 170 g/mol. The van der Waals surface area contributed by atoms with Gasteiger partial charge >= 0.3 is 5.97 Å². The molecule has 0 radical (unpaired) electrons. The fraction of sp³-hybridized carbons (Fsp3) is 0.111. The molecule has 1 heterocycles. The van der Waals surface area contributed by atoms with Gasteiger partial charge in [-0.25, -0.2) is 9.78 Å². The fourth-order valence-electron chi connectivity index (χ4n) is 0.654. The minimum atomic E-state index is -0.662. The first-order valence-electron chi connectivity index (χ1n) is 3.48. The first kappa shape index (κ1) is 9.07. The van der Waals surface area contributed by atoms with Crippen molar-refractivity contribution in [2.75, 3.05) is 7.11 Å². The molecule has 66 valence electrons. The van der Waals surface area contributed by atoms with Gasteiger partial charge in [0.1, 0.15) is 5.75 Å². The van der Waals surface area contributed by atoms with Crippen LogP contribution in [0.2, 0.25) is 0 Å². The lowest BCUT2D eigenvalue weighted by Crippen LogP contribution is -1.94. The van der Waals surface area contributed by atoms with Crippen LogP contribution in [0.1, 0.15) is 5.69 Å². The summed E-state index contributed by atoms with van der Waals surface area (Å²) < 4.78 is 4.29. The highest BCUT2D eigenvalue weighted by Gasteiger charge is 1.96. The second-order valence-corrected chi connectivity index (χ2v) is 2.11. The molecule has 0 fully saturated rings. The summed E-state index contributed by atoms with van der Waals surface area (Å²) in [7, 11) is 1.23. The Morgan fingerprint density at radius 2 is 2.46 bits per heavy atom. The number of pyridine rings is 1. The maximum Gasteiger partial charge on any atom is 0.384 e. The van der Waals surface area contributed by atoms with Gasteiger partial charge in [-0.3, -0.25) is 0 Å². The number of hydrogen-bond donors (Lipinski definition) is 1. The Morgan fingerprint density at radius 3 is 3.08 bits per heavy atom. The number of methoxy groups -OCH3 is 1. The summed E-state index contributed by atoms with van der Waals surface area (Å²) in [5.74, 6) is 3.82. The minimum absolute atomic E-state index is 0.0566. The molecule has 0 amide bonds. The van der Waals surface area contributed by atoms with Gasteiger partial charge < -0.3 is 9.84 Å². The molecule has 0 atom stereocenters. The van der Waals surface area contributed by atoms with E-state index in [9.17, 15) is 9.90 Å². The van der Waals surface area contributed by atoms with Crippen molar-refractivity contribution in [2.24, 2.45) is 0 Å². The van der Waals surface area contributed by atoms with Gasteiger partial charge in [0.15, 0.2) is 5.69 Å². The number of carbonyl (C=O) groups is 1. The third kappa shape index (κ3) is 2.49. The van der Waals surface area contributed by atoms with Crippen molar-refractivity contribution in [3.05, 3.63) is 24.0 Å². The quantitative estimate of drug-likeness (QED) is 0.457. The summed E-state index contributed by atoms with van der Waals surface area (Å²) in [6.45, 7) is 0. The number of aromatic nitrogens is 1.